The molecular weight excluding hydrogens is 170 g/mol. The van der Waals surface area contributed by atoms with Gasteiger partial charge in [-0.2, -0.15) is 0 Å². The summed E-state index contributed by atoms with van der Waals surface area (Å²) in [5, 5.41) is 9.79. The molecule has 0 saturated heterocycles. The number of hydrogen-bond acceptors (Lipinski definition) is 6. The lowest BCUT2D eigenvalue weighted by atomic mass is 9.77. The Balaban J connectivity index is 3.16. The molecule has 11 N–H and O–H groups in total. The van der Waals surface area contributed by atoms with Crippen molar-refractivity contribution in [2.24, 2.45) is 34.6 Å². The lowest BCUT2D eigenvalue weighted by Crippen LogP contribution is -2.77. The van der Waals surface area contributed by atoms with E-state index < -0.39 is 23.3 Å². The van der Waals surface area contributed by atoms with Gasteiger partial charge in [-0.15, -0.1) is 0 Å². The van der Waals surface area contributed by atoms with Gasteiger partial charge in [0, 0.05) is 11.6 Å². The third-order valence-corrected chi connectivity index (χ3v) is 2.65. The zero-order valence-electron chi connectivity index (χ0n) is 7.57. The molecule has 1 aliphatic carbocycles. The van der Waals surface area contributed by atoms with E-state index in [4.69, 9.17) is 28.7 Å². The van der Waals surface area contributed by atoms with Crippen molar-refractivity contribution in [3.63, 3.8) is 0 Å². The van der Waals surface area contributed by atoms with E-state index in [0.29, 0.717) is 5.70 Å². The Hall–Kier alpha value is -0.660. The third kappa shape index (κ3) is 1.43. The highest BCUT2D eigenvalue weighted by molar-refractivity contribution is 5.25. The van der Waals surface area contributed by atoms with Crippen LogP contribution in [0, 0.1) is 5.92 Å². The standard InChI is InChI=1S/C7H17N5O/c1-3-4(8)2-6(10,11)5(9)7(3,12)13/h2-3,5,13H,8-12H2,1H3. The van der Waals surface area contributed by atoms with Gasteiger partial charge in [-0.1, -0.05) is 6.92 Å². The van der Waals surface area contributed by atoms with Gasteiger partial charge in [0.05, 0.1) is 6.04 Å². The number of aliphatic hydroxyl groups is 1. The molecule has 1 aliphatic rings. The average Bonchev–Trinajstić information content (AvgIpc) is 1.98. The van der Waals surface area contributed by atoms with Crippen LogP contribution in [0.15, 0.2) is 11.8 Å². The summed E-state index contributed by atoms with van der Waals surface area (Å²) in [5.74, 6) is -0.456. The van der Waals surface area contributed by atoms with Crippen LogP contribution in [0.3, 0.4) is 0 Å². The zero-order valence-corrected chi connectivity index (χ0v) is 7.57. The number of nitrogens with two attached hydrogens (primary N) is 5. The first-order valence-corrected chi connectivity index (χ1v) is 4.02. The van der Waals surface area contributed by atoms with E-state index in [1.54, 1.807) is 6.92 Å². The molecule has 6 heteroatoms. The van der Waals surface area contributed by atoms with Crippen molar-refractivity contribution in [2.45, 2.75) is 24.4 Å². The predicted molar refractivity (Wildman–Crippen MR) is 49.7 cm³/mol. The Morgan fingerprint density at radius 3 is 2.31 bits per heavy atom. The second kappa shape index (κ2) is 2.66. The SMILES string of the molecule is CC1C(N)=CC(N)(N)C(N)C1(N)O. The van der Waals surface area contributed by atoms with Crippen molar-refractivity contribution in [3.05, 3.63) is 11.8 Å². The van der Waals surface area contributed by atoms with Gasteiger partial charge in [0.25, 0.3) is 0 Å². The van der Waals surface area contributed by atoms with Crippen molar-refractivity contribution >= 4 is 0 Å². The van der Waals surface area contributed by atoms with E-state index >= 15 is 0 Å². The van der Waals surface area contributed by atoms with Gasteiger partial charge in [0.15, 0.2) is 0 Å². The second-order valence-electron chi connectivity index (χ2n) is 3.73. The summed E-state index contributed by atoms with van der Waals surface area (Å²) in [6, 6.07) is -0.942. The van der Waals surface area contributed by atoms with Crippen LogP contribution in [0.25, 0.3) is 0 Å². The van der Waals surface area contributed by atoms with Gasteiger partial charge in [-0.05, 0) is 6.08 Å². The van der Waals surface area contributed by atoms with E-state index in [2.05, 4.69) is 0 Å². The second-order valence-corrected chi connectivity index (χ2v) is 3.73. The molecule has 6 nitrogen and oxygen atoms in total. The molecule has 3 atom stereocenters. The van der Waals surface area contributed by atoms with E-state index in [-0.39, 0.29) is 0 Å². The molecule has 0 aliphatic heterocycles. The summed E-state index contributed by atoms with van der Waals surface area (Å²) in [6.07, 6.45) is 1.43. The Labute approximate surface area is 76.7 Å². The van der Waals surface area contributed by atoms with Crippen LogP contribution >= 0.6 is 0 Å². The van der Waals surface area contributed by atoms with Gasteiger partial charge in [0.2, 0.25) is 0 Å². The Morgan fingerprint density at radius 2 is 1.85 bits per heavy atom. The van der Waals surface area contributed by atoms with Gasteiger partial charge < -0.3 is 33.8 Å². The van der Waals surface area contributed by atoms with Crippen LogP contribution in [-0.4, -0.2) is 22.5 Å². The highest BCUT2D eigenvalue weighted by atomic mass is 16.3. The van der Waals surface area contributed by atoms with Crippen LogP contribution in [0.2, 0.25) is 0 Å². The summed E-state index contributed by atoms with van der Waals surface area (Å²) in [7, 11) is 0. The monoisotopic (exact) mass is 187 g/mol. The third-order valence-electron chi connectivity index (χ3n) is 2.65. The number of hydrogen-bond donors (Lipinski definition) is 6. The first-order valence-electron chi connectivity index (χ1n) is 4.02. The highest BCUT2D eigenvalue weighted by Crippen LogP contribution is 2.28. The van der Waals surface area contributed by atoms with Crippen molar-refractivity contribution in [3.8, 4) is 0 Å². The topological polar surface area (TPSA) is 150 Å². The van der Waals surface area contributed by atoms with Crippen molar-refractivity contribution < 1.29 is 5.11 Å². The summed E-state index contributed by atoms with van der Waals surface area (Å²) in [5.41, 5.74) is 25.3. The largest absolute Gasteiger partial charge is 0.402 e. The van der Waals surface area contributed by atoms with E-state index in [0.717, 1.165) is 0 Å². The zero-order chi connectivity index (χ0) is 10.4. The maximum atomic E-state index is 9.79. The van der Waals surface area contributed by atoms with Gasteiger partial charge in [0.1, 0.15) is 11.4 Å². The smallest absolute Gasteiger partial charge is 0.140 e. The molecule has 0 radical (unpaired) electrons. The first-order chi connectivity index (χ1) is 5.69. The maximum Gasteiger partial charge on any atom is 0.140 e. The maximum absolute atomic E-state index is 9.79. The van der Waals surface area contributed by atoms with Crippen LogP contribution in [-0.2, 0) is 0 Å². The fourth-order valence-corrected chi connectivity index (χ4v) is 1.44. The normalized spacial score (nSPS) is 44.3. The Bertz CT molecular complexity index is 247. The van der Waals surface area contributed by atoms with Crippen LogP contribution in [0.5, 0.6) is 0 Å². The fourth-order valence-electron chi connectivity index (χ4n) is 1.44. The molecule has 0 fully saturated rings. The fraction of sp³-hybridized carbons (Fsp3) is 0.714. The van der Waals surface area contributed by atoms with Crippen LogP contribution < -0.4 is 28.7 Å². The molecule has 0 saturated carbocycles. The Morgan fingerprint density at radius 1 is 1.38 bits per heavy atom. The quantitative estimate of drug-likeness (QED) is 0.223. The predicted octanol–water partition coefficient (Wildman–Crippen LogP) is -2.93. The molecule has 13 heavy (non-hydrogen) atoms. The summed E-state index contributed by atoms with van der Waals surface area (Å²) >= 11 is 0. The molecule has 1 rings (SSSR count). The van der Waals surface area contributed by atoms with Gasteiger partial charge in [-0.25, -0.2) is 0 Å². The van der Waals surface area contributed by atoms with E-state index in [1.165, 1.54) is 6.08 Å². The van der Waals surface area contributed by atoms with Crippen molar-refractivity contribution in [1.82, 2.24) is 0 Å². The molecule has 0 amide bonds. The molecule has 0 aromatic rings. The molecule has 0 aromatic carbocycles. The molecule has 0 heterocycles. The lowest BCUT2D eigenvalue weighted by molar-refractivity contribution is -0.0405. The molecule has 0 aromatic heterocycles. The van der Waals surface area contributed by atoms with E-state index in [9.17, 15) is 5.11 Å². The summed E-state index contributed by atoms with van der Waals surface area (Å²) in [6.45, 7) is 1.67. The van der Waals surface area contributed by atoms with Gasteiger partial charge >= 0.3 is 0 Å². The van der Waals surface area contributed by atoms with Crippen molar-refractivity contribution in [2.75, 3.05) is 0 Å². The molecule has 76 valence electrons. The first kappa shape index (κ1) is 10.4. The lowest BCUT2D eigenvalue weighted by Gasteiger charge is -2.46. The molecule has 3 unspecified atom stereocenters. The molecule has 0 spiro atoms. The van der Waals surface area contributed by atoms with E-state index in [1.807, 2.05) is 0 Å². The molecule has 0 bridgehead atoms. The summed E-state index contributed by atoms with van der Waals surface area (Å²) in [4.78, 5) is 0. The minimum Gasteiger partial charge on any atom is -0.402 e. The summed E-state index contributed by atoms with van der Waals surface area (Å²) < 4.78 is 0. The molecular formula is C7H17N5O. The highest BCUT2D eigenvalue weighted by Gasteiger charge is 2.49. The average molecular weight is 187 g/mol. The van der Waals surface area contributed by atoms with Crippen molar-refractivity contribution in [1.29, 1.82) is 0 Å². The van der Waals surface area contributed by atoms with Crippen LogP contribution in [0.4, 0.5) is 0 Å². The van der Waals surface area contributed by atoms with Gasteiger partial charge in [-0.3, -0.25) is 0 Å². The minimum absolute atomic E-state index is 0.358. The Kier molecular flexibility index (Phi) is 2.13. The minimum atomic E-state index is -1.66. The number of rotatable bonds is 0. The van der Waals surface area contributed by atoms with Crippen LogP contribution in [0.1, 0.15) is 6.92 Å².